The van der Waals surface area contributed by atoms with Crippen molar-refractivity contribution in [2.75, 3.05) is 5.32 Å². The molecule has 0 atom stereocenters. The summed E-state index contributed by atoms with van der Waals surface area (Å²) in [6.45, 7) is 4.93. The maximum atomic E-state index is 5.79. The van der Waals surface area contributed by atoms with Gasteiger partial charge in [-0.25, -0.2) is 0 Å². The van der Waals surface area contributed by atoms with Gasteiger partial charge < -0.3 is 9.73 Å². The lowest BCUT2D eigenvalue weighted by atomic mass is 10.1. The minimum Gasteiger partial charge on any atom is -0.459 e. The fourth-order valence-electron chi connectivity index (χ4n) is 2.32. The summed E-state index contributed by atoms with van der Waals surface area (Å²) < 4.78 is 5.79. The first kappa shape index (κ1) is 11.8. The molecule has 1 heterocycles. The van der Waals surface area contributed by atoms with Crippen molar-refractivity contribution in [1.82, 2.24) is 0 Å². The molecule has 0 radical (unpaired) electrons. The van der Waals surface area contributed by atoms with E-state index in [1.54, 1.807) is 0 Å². The zero-order chi connectivity index (χ0) is 13.2. The molecule has 96 valence electrons. The van der Waals surface area contributed by atoms with Gasteiger partial charge in [-0.15, -0.1) is 0 Å². The third-order valence-corrected chi connectivity index (χ3v) is 3.31. The molecule has 3 rings (SSSR count). The second kappa shape index (κ2) is 4.81. The van der Waals surface area contributed by atoms with E-state index < -0.39 is 0 Å². The van der Waals surface area contributed by atoms with Crippen molar-refractivity contribution >= 4 is 16.7 Å². The van der Waals surface area contributed by atoms with Crippen LogP contribution in [0.25, 0.3) is 11.0 Å². The molecule has 0 bridgehead atoms. The molecule has 0 aliphatic heterocycles. The van der Waals surface area contributed by atoms with Gasteiger partial charge in [-0.3, -0.25) is 0 Å². The van der Waals surface area contributed by atoms with E-state index in [0.29, 0.717) is 6.54 Å². The summed E-state index contributed by atoms with van der Waals surface area (Å²) in [6, 6.07) is 16.6. The predicted octanol–water partition coefficient (Wildman–Crippen LogP) is 4.66. The van der Waals surface area contributed by atoms with E-state index in [2.05, 4.69) is 49.5 Å². The van der Waals surface area contributed by atoms with Crippen LogP contribution < -0.4 is 5.32 Å². The smallest absolute Gasteiger partial charge is 0.134 e. The molecule has 0 saturated heterocycles. The van der Waals surface area contributed by atoms with Gasteiger partial charge in [0.05, 0.1) is 6.54 Å². The molecule has 2 nitrogen and oxygen atoms in total. The normalized spacial score (nSPS) is 10.8. The molecule has 19 heavy (non-hydrogen) atoms. The number of fused-ring (bicyclic) bond motifs is 1. The molecule has 0 aliphatic rings. The van der Waals surface area contributed by atoms with Crippen LogP contribution in [0, 0.1) is 13.8 Å². The Kier molecular flexibility index (Phi) is 3.00. The summed E-state index contributed by atoms with van der Waals surface area (Å²) >= 11 is 0. The Morgan fingerprint density at radius 2 is 1.84 bits per heavy atom. The Labute approximate surface area is 113 Å². The molecule has 2 heteroatoms. The maximum absolute atomic E-state index is 5.79. The monoisotopic (exact) mass is 251 g/mol. The average molecular weight is 251 g/mol. The first-order chi connectivity index (χ1) is 9.22. The van der Waals surface area contributed by atoms with Crippen molar-refractivity contribution in [3.8, 4) is 0 Å². The zero-order valence-electron chi connectivity index (χ0n) is 11.2. The van der Waals surface area contributed by atoms with Crippen LogP contribution in [0.1, 0.15) is 16.9 Å². The Morgan fingerprint density at radius 3 is 2.63 bits per heavy atom. The minimum atomic E-state index is 0.707. The minimum absolute atomic E-state index is 0.707. The highest BCUT2D eigenvalue weighted by molar-refractivity contribution is 5.77. The molecule has 0 aliphatic carbocycles. The zero-order valence-corrected chi connectivity index (χ0v) is 11.2. The predicted molar refractivity (Wildman–Crippen MR) is 79.5 cm³/mol. The topological polar surface area (TPSA) is 25.2 Å². The number of anilines is 1. The van der Waals surface area contributed by atoms with Crippen molar-refractivity contribution < 1.29 is 4.42 Å². The Balaban J connectivity index is 1.78. The third kappa shape index (κ3) is 2.48. The van der Waals surface area contributed by atoms with E-state index >= 15 is 0 Å². The second-order valence-corrected chi connectivity index (χ2v) is 4.92. The van der Waals surface area contributed by atoms with Gasteiger partial charge in [0.1, 0.15) is 11.3 Å². The number of aryl methyl sites for hydroxylation is 2. The first-order valence-electron chi connectivity index (χ1n) is 6.51. The van der Waals surface area contributed by atoms with Crippen LogP contribution in [-0.4, -0.2) is 0 Å². The molecular formula is C17H17NO. The molecule has 0 unspecified atom stereocenters. The van der Waals surface area contributed by atoms with E-state index in [4.69, 9.17) is 4.42 Å². The number of furan rings is 1. The van der Waals surface area contributed by atoms with Crippen molar-refractivity contribution in [2.24, 2.45) is 0 Å². The fraction of sp³-hybridized carbons (Fsp3) is 0.176. The van der Waals surface area contributed by atoms with Crippen molar-refractivity contribution in [3.63, 3.8) is 0 Å². The highest BCUT2D eigenvalue weighted by atomic mass is 16.3. The van der Waals surface area contributed by atoms with Gasteiger partial charge in [0.25, 0.3) is 0 Å². The average Bonchev–Trinajstić information content (AvgIpc) is 2.80. The number of hydrogen-bond acceptors (Lipinski definition) is 2. The molecule has 0 spiro atoms. The van der Waals surface area contributed by atoms with Crippen LogP contribution in [0.2, 0.25) is 0 Å². The second-order valence-electron chi connectivity index (χ2n) is 4.92. The lowest BCUT2D eigenvalue weighted by molar-refractivity contribution is 0.559. The largest absolute Gasteiger partial charge is 0.459 e. The van der Waals surface area contributed by atoms with Gasteiger partial charge in [-0.1, -0.05) is 35.9 Å². The van der Waals surface area contributed by atoms with E-state index in [9.17, 15) is 0 Å². The number of rotatable bonds is 3. The van der Waals surface area contributed by atoms with Gasteiger partial charge in [-0.05, 0) is 37.6 Å². The Bertz CT molecular complexity index is 679. The highest BCUT2D eigenvalue weighted by Gasteiger charge is 2.03. The van der Waals surface area contributed by atoms with Crippen LogP contribution in [-0.2, 0) is 6.54 Å². The van der Waals surface area contributed by atoms with Gasteiger partial charge in [0, 0.05) is 11.1 Å². The molecule has 0 fully saturated rings. The van der Waals surface area contributed by atoms with Crippen LogP contribution in [0.15, 0.2) is 52.9 Å². The SMILES string of the molecule is Cc1ccc(NCc2cc3ccccc3o2)c(C)c1. The molecule has 0 saturated carbocycles. The van der Waals surface area contributed by atoms with Gasteiger partial charge in [0.2, 0.25) is 0 Å². The van der Waals surface area contributed by atoms with E-state index in [1.807, 2.05) is 18.2 Å². The molecular weight excluding hydrogens is 234 g/mol. The summed E-state index contributed by atoms with van der Waals surface area (Å²) in [4.78, 5) is 0. The standard InChI is InChI=1S/C17H17NO/c1-12-7-8-16(13(2)9-12)18-11-15-10-14-5-3-4-6-17(14)19-15/h3-10,18H,11H2,1-2H3. The van der Waals surface area contributed by atoms with Crippen LogP contribution in [0.5, 0.6) is 0 Å². The van der Waals surface area contributed by atoms with Crippen molar-refractivity contribution in [2.45, 2.75) is 20.4 Å². The Hall–Kier alpha value is -2.22. The lowest BCUT2D eigenvalue weighted by Gasteiger charge is -2.08. The van der Waals surface area contributed by atoms with Crippen LogP contribution in [0.3, 0.4) is 0 Å². The van der Waals surface area contributed by atoms with E-state index in [-0.39, 0.29) is 0 Å². The number of hydrogen-bond donors (Lipinski definition) is 1. The number of benzene rings is 2. The van der Waals surface area contributed by atoms with Crippen LogP contribution in [0.4, 0.5) is 5.69 Å². The Morgan fingerprint density at radius 1 is 1.00 bits per heavy atom. The molecule has 2 aromatic carbocycles. The summed E-state index contributed by atoms with van der Waals surface area (Å²) in [5.74, 6) is 0.959. The summed E-state index contributed by atoms with van der Waals surface area (Å²) in [7, 11) is 0. The quantitative estimate of drug-likeness (QED) is 0.732. The van der Waals surface area contributed by atoms with Gasteiger partial charge >= 0.3 is 0 Å². The molecule has 1 N–H and O–H groups in total. The summed E-state index contributed by atoms with van der Waals surface area (Å²) in [5, 5.41) is 4.58. The van der Waals surface area contributed by atoms with Gasteiger partial charge in [0.15, 0.2) is 0 Å². The number of para-hydroxylation sites is 1. The third-order valence-electron chi connectivity index (χ3n) is 3.31. The highest BCUT2D eigenvalue weighted by Crippen LogP contribution is 2.21. The first-order valence-corrected chi connectivity index (χ1v) is 6.51. The molecule has 0 amide bonds. The van der Waals surface area contributed by atoms with Crippen molar-refractivity contribution in [3.05, 3.63) is 65.4 Å². The van der Waals surface area contributed by atoms with Crippen LogP contribution >= 0.6 is 0 Å². The fourth-order valence-corrected chi connectivity index (χ4v) is 2.32. The molecule has 1 aromatic heterocycles. The molecule has 3 aromatic rings. The van der Waals surface area contributed by atoms with E-state index in [0.717, 1.165) is 22.4 Å². The summed E-state index contributed by atoms with van der Waals surface area (Å²) in [5.41, 5.74) is 4.65. The van der Waals surface area contributed by atoms with Gasteiger partial charge in [-0.2, -0.15) is 0 Å². The summed E-state index contributed by atoms with van der Waals surface area (Å²) in [6.07, 6.45) is 0. The van der Waals surface area contributed by atoms with Crippen molar-refractivity contribution in [1.29, 1.82) is 0 Å². The maximum Gasteiger partial charge on any atom is 0.134 e. The number of nitrogens with one attached hydrogen (secondary N) is 1. The van der Waals surface area contributed by atoms with E-state index in [1.165, 1.54) is 11.1 Å². The lowest BCUT2D eigenvalue weighted by Crippen LogP contribution is -1.99.